The van der Waals surface area contributed by atoms with Crippen LogP contribution in [0.1, 0.15) is 13.3 Å². The summed E-state index contributed by atoms with van der Waals surface area (Å²) in [5, 5.41) is 11.4. The zero-order chi connectivity index (χ0) is 16.2. The largest absolute Gasteiger partial charge is 0.409 e. The summed E-state index contributed by atoms with van der Waals surface area (Å²) < 4.78 is 27.0. The average Bonchev–Trinajstić information content (AvgIpc) is 2.36. The third-order valence-corrected chi connectivity index (χ3v) is 5.73. The average molecular weight is 419 g/mol. The molecule has 1 aromatic carbocycles. The van der Waals surface area contributed by atoms with Crippen molar-refractivity contribution in [2.75, 3.05) is 13.1 Å². The number of oxime groups is 1. The van der Waals surface area contributed by atoms with E-state index in [0.717, 1.165) is 4.31 Å². The molecule has 0 amide bonds. The van der Waals surface area contributed by atoms with Crippen molar-refractivity contribution in [2.24, 2.45) is 10.9 Å². The highest BCUT2D eigenvalue weighted by molar-refractivity contribution is 9.10. The molecule has 0 aliphatic carbocycles. The highest BCUT2D eigenvalue weighted by Crippen LogP contribution is 2.34. The fraction of sp³-hybridized carbons (Fsp3) is 0.364. The van der Waals surface area contributed by atoms with Crippen molar-refractivity contribution >= 4 is 55.0 Å². The van der Waals surface area contributed by atoms with E-state index in [4.69, 9.17) is 34.1 Å². The summed E-state index contributed by atoms with van der Waals surface area (Å²) in [6.45, 7) is 1.73. The Morgan fingerprint density at radius 2 is 1.95 bits per heavy atom. The first-order valence-corrected chi connectivity index (χ1v) is 8.84. The second kappa shape index (κ2) is 7.64. The predicted molar refractivity (Wildman–Crippen MR) is 86.6 cm³/mol. The molecule has 3 N–H and O–H groups in total. The van der Waals surface area contributed by atoms with E-state index in [0.29, 0.717) is 10.9 Å². The Bertz CT molecular complexity index is 629. The molecule has 0 bridgehead atoms. The molecule has 118 valence electrons. The molecule has 10 heteroatoms. The van der Waals surface area contributed by atoms with Crippen LogP contribution in [0.4, 0.5) is 0 Å². The summed E-state index contributed by atoms with van der Waals surface area (Å²) in [6.07, 6.45) is 0.545. The molecule has 0 unspecified atom stereocenters. The van der Waals surface area contributed by atoms with E-state index in [1.54, 1.807) is 6.92 Å². The normalized spacial score (nSPS) is 12.9. The monoisotopic (exact) mass is 417 g/mol. The zero-order valence-electron chi connectivity index (χ0n) is 11.1. The lowest BCUT2D eigenvalue weighted by Gasteiger charge is -2.22. The molecular weight excluding hydrogens is 405 g/mol. The molecule has 1 aromatic rings. The quantitative estimate of drug-likeness (QED) is 0.321. The van der Waals surface area contributed by atoms with Crippen molar-refractivity contribution in [2.45, 2.75) is 18.2 Å². The van der Waals surface area contributed by atoms with Gasteiger partial charge in [-0.05, 0) is 18.6 Å². The number of amidine groups is 1. The van der Waals surface area contributed by atoms with E-state index in [1.165, 1.54) is 12.1 Å². The molecular formula is C11H14BrCl2N3O3S. The van der Waals surface area contributed by atoms with Gasteiger partial charge in [0.05, 0.1) is 16.6 Å². The van der Waals surface area contributed by atoms with Gasteiger partial charge in [-0.15, -0.1) is 0 Å². The standard InChI is InChI=1S/C11H14BrCl2N3O3S/c1-2-3-17(6-10(15)16-18)21(19,20)11-8(13)4-7(12)5-9(11)14/h4-5,18H,2-3,6H2,1H3,(H2,15,16). The Hall–Kier alpha value is -0.540. The molecule has 6 nitrogen and oxygen atoms in total. The lowest BCUT2D eigenvalue weighted by atomic mass is 10.4. The van der Waals surface area contributed by atoms with E-state index < -0.39 is 10.0 Å². The topological polar surface area (TPSA) is 96.0 Å². The number of nitrogens with zero attached hydrogens (tertiary/aromatic N) is 2. The molecule has 0 aliphatic rings. The molecule has 0 heterocycles. The SMILES string of the molecule is CCCN(CC(N)=NO)S(=O)(=O)c1c(Cl)cc(Br)cc1Cl. The molecule has 21 heavy (non-hydrogen) atoms. The number of hydrogen-bond acceptors (Lipinski definition) is 4. The first-order chi connectivity index (χ1) is 9.73. The van der Waals surface area contributed by atoms with Gasteiger partial charge in [0, 0.05) is 11.0 Å². The maximum absolute atomic E-state index is 12.7. The summed E-state index contributed by atoms with van der Waals surface area (Å²) in [5.41, 5.74) is 5.40. The van der Waals surface area contributed by atoms with E-state index in [9.17, 15) is 8.42 Å². The minimum absolute atomic E-state index is 0.00464. The van der Waals surface area contributed by atoms with Gasteiger partial charge in [0.1, 0.15) is 4.90 Å². The van der Waals surface area contributed by atoms with Gasteiger partial charge >= 0.3 is 0 Å². The first-order valence-electron chi connectivity index (χ1n) is 5.85. The van der Waals surface area contributed by atoms with Gasteiger partial charge in [0.25, 0.3) is 0 Å². The van der Waals surface area contributed by atoms with Gasteiger partial charge < -0.3 is 10.9 Å². The number of halogens is 3. The van der Waals surface area contributed by atoms with Gasteiger partial charge in [-0.25, -0.2) is 8.42 Å². The van der Waals surface area contributed by atoms with Crippen LogP contribution in [-0.2, 0) is 10.0 Å². The predicted octanol–water partition coefficient (Wildman–Crippen LogP) is 2.90. The molecule has 0 saturated heterocycles. The fourth-order valence-corrected chi connectivity index (χ4v) is 5.04. The maximum atomic E-state index is 12.7. The highest BCUT2D eigenvalue weighted by Gasteiger charge is 2.29. The van der Waals surface area contributed by atoms with Gasteiger partial charge in [-0.1, -0.05) is 51.2 Å². The van der Waals surface area contributed by atoms with Crippen LogP contribution in [0.2, 0.25) is 10.0 Å². The van der Waals surface area contributed by atoms with E-state index in [1.807, 2.05) is 0 Å². The van der Waals surface area contributed by atoms with Crippen LogP contribution < -0.4 is 5.73 Å². The number of sulfonamides is 1. The summed E-state index contributed by atoms with van der Waals surface area (Å²) >= 11 is 15.2. The smallest absolute Gasteiger partial charge is 0.246 e. The van der Waals surface area contributed by atoms with Crippen molar-refractivity contribution in [1.82, 2.24) is 4.31 Å². The summed E-state index contributed by atoms with van der Waals surface area (Å²) in [7, 11) is -3.97. The molecule has 1 rings (SSSR count). The van der Waals surface area contributed by atoms with Crippen molar-refractivity contribution in [3.05, 3.63) is 26.7 Å². The first kappa shape index (κ1) is 18.5. The van der Waals surface area contributed by atoms with Crippen LogP contribution in [0, 0.1) is 0 Å². The Labute approximate surface area is 141 Å². The molecule has 0 aliphatic heterocycles. The Balaban J connectivity index is 3.36. The summed E-state index contributed by atoms with van der Waals surface area (Å²) in [5.74, 6) is -0.226. The third kappa shape index (κ3) is 4.46. The molecule has 0 spiro atoms. The van der Waals surface area contributed by atoms with Crippen LogP contribution in [0.25, 0.3) is 0 Å². The van der Waals surface area contributed by atoms with E-state index in [-0.39, 0.29) is 33.9 Å². The molecule has 0 saturated carbocycles. The van der Waals surface area contributed by atoms with Crippen LogP contribution in [-0.4, -0.2) is 36.9 Å². The minimum Gasteiger partial charge on any atom is -0.409 e. The van der Waals surface area contributed by atoms with Crippen LogP contribution >= 0.6 is 39.1 Å². The lowest BCUT2D eigenvalue weighted by molar-refractivity contribution is 0.314. The van der Waals surface area contributed by atoms with Crippen molar-refractivity contribution in [3.63, 3.8) is 0 Å². The van der Waals surface area contributed by atoms with E-state index in [2.05, 4.69) is 21.1 Å². The highest BCUT2D eigenvalue weighted by atomic mass is 79.9. The number of rotatable bonds is 6. The van der Waals surface area contributed by atoms with Crippen LogP contribution in [0.15, 0.2) is 26.7 Å². The molecule has 0 atom stereocenters. The second-order valence-electron chi connectivity index (χ2n) is 4.13. The van der Waals surface area contributed by atoms with Gasteiger partial charge in [-0.3, -0.25) is 0 Å². The fourth-order valence-electron chi connectivity index (χ4n) is 1.65. The molecule has 0 radical (unpaired) electrons. The summed E-state index contributed by atoms with van der Waals surface area (Å²) in [6, 6.07) is 2.88. The Morgan fingerprint density at radius 3 is 2.38 bits per heavy atom. The van der Waals surface area contributed by atoms with Gasteiger partial charge in [-0.2, -0.15) is 4.31 Å². The Kier molecular flexibility index (Phi) is 6.73. The second-order valence-corrected chi connectivity index (χ2v) is 7.73. The number of hydrogen-bond donors (Lipinski definition) is 2. The van der Waals surface area contributed by atoms with Crippen molar-refractivity contribution < 1.29 is 13.6 Å². The van der Waals surface area contributed by atoms with Crippen molar-refractivity contribution in [3.8, 4) is 0 Å². The minimum atomic E-state index is -3.97. The van der Waals surface area contributed by atoms with E-state index >= 15 is 0 Å². The molecule has 0 aromatic heterocycles. The Morgan fingerprint density at radius 1 is 1.43 bits per heavy atom. The summed E-state index contributed by atoms with van der Waals surface area (Å²) in [4.78, 5) is -0.201. The zero-order valence-corrected chi connectivity index (χ0v) is 15.0. The van der Waals surface area contributed by atoms with Gasteiger partial charge in [0.15, 0.2) is 5.84 Å². The number of benzene rings is 1. The third-order valence-electron chi connectivity index (χ3n) is 2.50. The van der Waals surface area contributed by atoms with Crippen LogP contribution in [0.5, 0.6) is 0 Å². The van der Waals surface area contributed by atoms with Gasteiger partial charge in [0.2, 0.25) is 10.0 Å². The number of nitrogens with two attached hydrogens (primary N) is 1. The molecule has 0 fully saturated rings. The van der Waals surface area contributed by atoms with Crippen molar-refractivity contribution in [1.29, 1.82) is 0 Å². The lowest BCUT2D eigenvalue weighted by Crippen LogP contribution is -2.39. The maximum Gasteiger partial charge on any atom is 0.246 e. The van der Waals surface area contributed by atoms with Crippen LogP contribution in [0.3, 0.4) is 0 Å².